The molecule has 5 nitrogen and oxygen atoms in total. The molecule has 0 saturated carbocycles. The summed E-state index contributed by atoms with van der Waals surface area (Å²) in [6.07, 6.45) is -4.15. The molecule has 2 rings (SSSR count). The molecule has 0 aliphatic carbocycles. The molecular weight excluding hydrogens is 397 g/mol. The fourth-order valence-electron chi connectivity index (χ4n) is 2.13. The summed E-state index contributed by atoms with van der Waals surface area (Å²) in [4.78, 5) is 10.8. The third kappa shape index (κ3) is 4.10. The summed E-state index contributed by atoms with van der Waals surface area (Å²) >= 11 is 5.90. The number of carbonyl (C=O) groups is 1. The first-order valence-electron chi connectivity index (χ1n) is 6.94. The normalized spacial score (nSPS) is 12.1. The molecule has 0 unspecified atom stereocenters. The van der Waals surface area contributed by atoms with Gasteiger partial charge in [-0.3, -0.25) is 0 Å². The average Bonchev–Trinajstić information content (AvgIpc) is 2.49. The van der Waals surface area contributed by atoms with E-state index in [1.54, 1.807) is 0 Å². The van der Waals surface area contributed by atoms with Gasteiger partial charge in [0, 0.05) is 16.8 Å². The summed E-state index contributed by atoms with van der Waals surface area (Å²) in [5.41, 5.74) is -1.60. The van der Waals surface area contributed by atoms with E-state index < -0.39 is 38.2 Å². The smallest absolute Gasteiger partial charge is 0.420 e. The van der Waals surface area contributed by atoms with Gasteiger partial charge in [0.15, 0.2) is 9.84 Å². The second-order valence-electron chi connectivity index (χ2n) is 5.38. The Hall–Kier alpha value is -2.26. The van der Waals surface area contributed by atoms with Gasteiger partial charge < -0.3 is 9.84 Å². The molecule has 1 N–H and O–H groups in total. The molecule has 0 fully saturated rings. The largest absolute Gasteiger partial charge is 0.478 e. The summed E-state index contributed by atoms with van der Waals surface area (Å²) in [6, 6.07) is 4.59. The maximum atomic E-state index is 13.3. The van der Waals surface area contributed by atoms with E-state index >= 15 is 0 Å². The third-order valence-corrected chi connectivity index (χ3v) is 4.99. The first kappa shape index (κ1) is 20.1. The lowest BCUT2D eigenvalue weighted by molar-refractivity contribution is -0.138. The van der Waals surface area contributed by atoms with Gasteiger partial charge in [-0.15, -0.1) is 0 Å². The monoisotopic (exact) mass is 408 g/mol. The number of sulfone groups is 1. The van der Waals surface area contributed by atoms with Crippen LogP contribution < -0.4 is 4.74 Å². The van der Waals surface area contributed by atoms with Crippen LogP contribution in [0.2, 0.25) is 5.02 Å². The van der Waals surface area contributed by atoms with Crippen LogP contribution >= 0.6 is 11.6 Å². The van der Waals surface area contributed by atoms with E-state index in [1.165, 1.54) is 13.0 Å². The second-order valence-corrected chi connectivity index (χ2v) is 7.81. The molecule has 0 aliphatic heterocycles. The van der Waals surface area contributed by atoms with Gasteiger partial charge in [-0.25, -0.2) is 13.2 Å². The highest BCUT2D eigenvalue weighted by Crippen LogP contribution is 2.41. The van der Waals surface area contributed by atoms with Crippen LogP contribution in [0.25, 0.3) is 0 Å². The molecule has 10 heteroatoms. The molecule has 0 saturated heterocycles. The highest BCUT2D eigenvalue weighted by atomic mass is 35.5. The minimum atomic E-state index is -4.92. The average molecular weight is 409 g/mol. The zero-order valence-electron chi connectivity index (χ0n) is 13.4. The summed E-state index contributed by atoms with van der Waals surface area (Å²) in [5.74, 6) is -2.51. The van der Waals surface area contributed by atoms with Crippen LogP contribution in [-0.4, -0.2) is 25.7 Å². The van der Waals surface area contributed by atoms with Gasteiger partial charge in [0.25, 0.3) is 0 Å². The summed E-state index contributed by atoms with van der Waals surface area (Å²) in [5, 5.41) is 9.32. The zero-order valence-corrected chi connectivity index (χ0v) is 15.0. The van der Waals surface area contributed by atoms with E-state index in [2.05, 4.69) is 0 Å². The van der Waals surface area contributed by atoms with Crippen LogP contribution in [0, 0.1) is 6.92 Å². The van der Waals surface area contributed by atoms with E-state index in [0.29, 0.717) is 6.07 Å². The number of hydrogen-bond acceptors (Lipinski definition) is 4. The van der Waals surface area contributed by atoms with Crippen LogP contribution in [0.15, 0.2) is 35.2 Å². The molecule has 0 spiro atoms. The summed E-state index contributed by atoms with van der Waals surface area (Å²) < 4.78 is 68.3. The molecule has 0 aliphatic rings. The van der Waals surface area contributed by atoms with Crippen molar-refractivity contribution >= 4 is 27.4 Å². The van der Waals surface area contributed by atoms with E-state index in [9.17, 15) is 31.5 Å². The van der Waals surface area contributed by atoms with E-state index in [-0.39, 0.29) is 21.9 Å². The molecule has 0 radical (unpaired) electrons. The van der Waals surface area contributed by atoms with Crippen LogP contribution in [0.1, 0.15) is 21.5 Å². The van der Waals surface area contributed by atoms with Crippen LogP contribution in [-0.2, 0) is 16.0 Å². The Labute approximate surface area is 151 Å². The van der Waals surface area contributed by atoms with E-state index in [0.717, 1.165) is 24.5 Å². The molecule has 26 heavy (non-hydrogen) atoms. The van der Waals surface area contributed by atoms with Gasteiger partial charge in [-0.05, 0) is 37.3 Å². The van der Waals surface area contributed by atoms with Crippen LogP contribution in [0.4, 0.5) is 13.2 Å². The van der Waals surface area contributed by atoms with Crippen molar-refractivity contribution in [1.82, 2.24) is 0 Å². The molecule has 0 bridgehead atoms. The van der Waals surface area contributed by atoms with Gasteiger partial charge in [-0.1, -0.05) is 11.6 Å². The highest BCUT2D eigenvalue weighted by molar-refractivity contribution is 7.90. The Balaban J connectivity index is 2.68. The fraction of sp³-hybridized carbons (Fsp3) is 0.188. The number of halogens is 4. The van der Waals surface area contributed by atoms with E-state index in [4.69, 9.17) is 16.3 Å². The van der Waals surface area contributed by atoms with Gasteiger partial charge in [0.2, 0.25) is 0 Å². The number of hydrogen-bond donors (Lipinski definition) is 1. The van der Waals surface area contributed by atoms with Gasteiger partial charge in [0.05, 0.1) is 10.5 Å². The zero-order chi connectivity index (χ0) is 19.9. The minimum Gasteiger partial charge on any atom is -0.478 e. The van der Waals surface area contributed by atoms with Crippen molar-refractivity contribution in [3.63, 3.8) is 0 Å². The van der Waals surface area contributed by atoms with Crippen LogP contribution in [0.5, 0.6) is 11.5 Å². The van der Waals surface area contributed by atoms with Crippen molar-refractivity contribution < 1.29 is 36.2 Å². The predicted octanol–water partition coefficient (Wildman–Crippen LogP) is 4.56. The van der Waals surface area contributed by atoms with Crippen molar-refractivity contribution in [2.75, 3.05) is 6.26 Å². The summed E-state index contributed by atoms with van der Waals surface area (Å²) in [6.45, 7) is 1.39. The van der Waals surface area contributed by atoms with Crippen molar-refractivity contribution in [1.29, 1.82) is 0 Å². The van der Waals surface area contributed by atoms with Crippen molar-refractivity contribution in [3.05, 3.63) is 52.0 Å². The van der Waals surface area contributed by atoms with Gasteiger partial charge >= 0.3 is 12.1 Å². The first-order valence-corrected chi connectivity index (χ1v) is 9.21. The van der Waals surface area contributed by atoms with Gasteiger partial charge in [-0.2, -0.15) is 13.2 Å². The lowest BCUT2D eigenvalue weighted by Crippen LogP contribution is -2.10. The third-order valence-electron chi connectivity index (χ3n) is 3.47. The number of benzene rings is 2. The molecular formula is C16H12ClF3O5S. The topological polar surface area (TPSA) is 80.7 Å². The maximum absolute atomic E-state index is 13.3. The standard InChI is InChI=1S/C16H12ClF3O5S/c1-8-12(17)5-4-10(15(21)22)14(8)25-13-6-3-9(26(2,23)24)7-11(13)16(18,19)20/h3-7H,1-2H3,(H,21,22). The molecule has 140 valence electrons. The van der Waals surface area contributed by atoms with E-state index in [1.807, 2.05) is 0 Å². The number of carboxylic acid groups (broad SMARTS) is 1. The Bertz CT molecular complexity index is 984. The molecule has 0 amide bonds. The quantitative estimate of drug-likeness (QED) is 0.802. The number of carboxylic acids is 1. The minimum absolute atomic E-state index is 0.103. The Morgan fingerprint density at radius 2 is 1.81 bits per heavy atom. The van der Waals surface area contributed by atoms with Crippen molar-refractivity contribution in [3.8, 4) is 11.5 Å². The Kier molecular flexibility index (Phi) is 5.25. The SMILES string of the molecule is Cc1c(Cl)ccc(C(=O)O)c1Oc1ccc(S(C)(=O)=O)cc1C(F)(F)F. The van der Waals surface area contributed by atoms with Crippen LogP contribution in [0.3, 0.4) is 0 Å². The maximum Gasteiger partial charge on any atom is 0.420 e. The van der Waals surface area contributed by atoms with Gasteiger partial charge in [0.1, 0.15) is 17.1 Å². The number of rotatable bonds is 4. The van der Waals surface area contributed by atoms with Crippen molar-refractivity contribution in [2.24, 2.45) is 0 Å². The lowest BCUT2D eigenvalue weighted by atomic mass is 10.1. The predicted molar refractivity (Wildman–Crippen MR) is 87.8 cm³/mol. The number of aromatic carboxylic acids is 1. The number of alkyl halides is 3. The Morgan fingerprint density at radius 1 is 1.19 bits per heavy atom. The highest BCUT2D eigenvalue weighted by Gasteiger charge is 2.36. The fourth-order valence-corrected chi connectivity index (χ4v) is 2.92. The first-order chi connectivity index (χ1) is 11.8. The molecule has 2 aromatic rings. The summed E-state index contributed by atoms with van der Waals surface area (Å²) in [7, 11) is -3.88. The molecule has 2 aromatic carbocycles. The number of ether oxygens (including phenoxy) is 1. The molecule has 0 atom stereocenters. The molecule has 0 aromatic heterocycles. The lowest BCUT2D eigenvalue weighted by Gasteiger charge is -2.17. The van der Waals surface area contributed by atoms with Crippen molar-refractivity contribution in [2.45, 2.75) is 18.0 Å². The second kappa shape index (κ2) is 6.81. The molecule has 0 heterocycles. The Morgan fingerprint density at radius 3 is 2.31 bits per heavy atom.